The highest BCUT2D eigenvalue weighted by atomic mass is 16.6. The average molecular weight is 269 g/mol. The highest BCUT2D eigenvalue weighted by Gasteiger charge is 2.38. The van der Waals surface area contributed by atoms with Crippen molar-refractivity contribution >= 4 is 12.0 Å². The topological polar surface area (TPSA) is 75.9 Å². The molecule has 0 radical (unpaired) electrons. The van der Waals surface area contributed by atoms with Crippen molar-refractivity contribution in [3.63, 3.8) is 0 Å². The summed E-state index contributed by atoms with van der Waals surface area (Å²) in [7, 11) is 0. The average Bonchev–Trinajstić information content (AvgIpc) is 2.74. The van der Waals surface area contributed by atoms with E-state index in [0.717, 1.165) is 11.4 Å². The van der Waals surface area contributed by atoms with Crippen LogP contribution >= 0.6 is 0 Å². The lowest BCUT2D eigenvalue weighted by atomic mass is 10.1. The molecule has 1 heterocycles. The maximum absolute atomic E-state index is 12.1. The molecular formula is C13H23N3O3. The van der Waals surface area contributed by atoms with Crippen LogP contribution in [0.25, 0.3) is 0 Å². The molecular weight excluding hydrogens is 246 g/mol. The Morgan fingerprint density at radius 3 is 2.68 bits per heavy atom. The number of hydrazine groups is 1. The zero-order valence-electron chi connectivity index (χ0n) is 11.9. The van der Waals surface area contributed by atoms with E-state index in [-0.39, 0.29) is 18.5 Å². The zero-order valence-corrected chi connectivity index (χ0v) is 11.9. The molecule has 0 aliphatic carbocycles. The van der Waals surface area contributed by atoms with Gasteiger partial charge in [-0.25, -0.2) is 15.4 Å². The minimum Gasteiger partial charge on any atom is -0.458 e. The summed E-state index contributed by atoms with van der Waals surface area (Å²) < 4.78 is 5.33. The minimum atomic E-state index is -0.558. The molecule has 0 aromatic rings. The van der Waals surface area contributed by atoms with Crippen molar-refractivity contribution in [1.29, 1.82) is 0 Å². The maximum Gasteiger partial charge on any atom is 0.335 e. The second kappa shape index (κ2) is 6.06. The van der Waals surface area contributed by atoms with Gasteiger partial charge in [-0.15, -0.1) is 6.58 Å². The predicted octanol–water partition coefficient (Wildman–Crippen LogP) is 1.27. The molecule has 108 valence electrons. The van der Waals surface area contributed by atoms with Crippen molar-refractivity contribution in [2.75, 3.05) is 13.1 Å². The van der Waals surface area contributed by atoms with Crippen molar-refractivity contribution in [2.24, 2.45) is 5.84 Å². The van der Waals surface area contributed by atoms with E-state index in [0.29, 0.717) is 13.0 Å². The summed E-state index contributed by atoms with van der Waals surface area (Å²) in [6.07, 6.45) is 2.93. The fourth-order valence-electron chi connectivity index (χ4n) is 1.99. The number of carbonyl (C=O) groups excluding carboxylic acids is 2. The van der Waals surface area contributed by atoms with E-state index in [1.807, 2.05) is 0 Å². The molecule has 0 aromatic carbocycles. The molecule has 19 heavy (non-hydrogen) atoms. The van der Waals surface area contributed by atoms with Crippen LogP contribution in [0.2, 0.25) is 0 Å². The van der Waals surface area contributed by atoms with Gasteiger partial charge in [0.1, 0.15) is 11.6 Å². The van der Waals surface area contributed by atoms with Crippen LogP contribution in [0.5, 0.6) is 0 Å². The monoisotopic (exact) mass is 269 g/mol. The summed E-state index contributed by atoms with van der Waals surface area (Å²) in [4.78, 5) is 25.6. The van der Waals surface area contributed by atoms with Crippen LogP contribution in [0.15, 0.2) is 12.7 Å². The SMILES string of the molecule is C=CCN(N)C(=O)N1CCC[C@H]1C(=O)OC(C)(C)C. The van der Waals surface area contributed by atoms with Gasteiger partial charge in [0.25, 0.3) is 0 Å². The first-order valence-electron chi connectivity index (χ1n) is 6.43. The summed E-state index contributed by atoms with van der Waals surface area (Å²) in [5, 5.41) is 1.05. The van der Waals surface area contributed by atoms with Gasteiger partial charge in [0.05, 0.1) is 6.54 Å². The Morgan fingerprint density at radius 1 is 1.53 bits per heavy atom. The number of urea groups is 1. The molecule has 0 spiro atoms. The van der Waals surface area contributed by atoms with Gasteiger partial charge in [0.2, 0.25) is 0 Å². The third-order valence-corrected chi connectivity index (χ3v) is 2.75. The summed E-state index contributed by atoms with van der Waals surface area (Å²) in [5.41, 5.74) is -0.558. The standard InChI is InChI=1S/C13H23N3O3/c1-5-8-16(14)12(18)15-9-6-7-10(15)11(17)19-13(2,3)4/h5,10H,1,6-9,14H2,2-4H3/t10-/m0/s1. The van der Waals surface area contributed by atoms with E-state index >= 15 is 0 Å². The summed E-state index contributed by atoms with van der Waals surface area (Å²) in [5.74, 6) is 5.25. The van der Waals surface area contributed by atoms with Crippen molar-refractivity contribution in [3.8, 4) is 0 Å². The summed E-state index contributed by atoms with van der Waals surface area (Å²) in [6.45, 7) is 9.71. The van der Waals surface area contributed by atoms with E-state index in [1.54, 1.807) is 20.8 Å². The molecule has 1 rings (SSSR count). The van der Waals surface area contributed by atoms with Crippen LogP contribution < -0.4 is 5.84 Å². The molecule has 1 aliphatic heterocycles. The Balaban J connectivity index is 2.71. The third-order valence-electron chi connectivity index (χ3n) is 2.75. The van der Waals surface area contributed by atoms with Crippen LogP contribution in [-0.2, 0) is 9.53 Å². The largest absolute Gasteiger partial charge is 0.458 e. The molecule has 0 aromatic heterocycles. The first-order valence-corrected chi connectivity index (χ1v) is 6.43. The van der Waals surface area contributed by atoms with Gasteiger partial charge in [0.15, 0.2) is 0 Å². The normalized spacial score (nSPS) is 19.2. The van der Waals surface area contributed by atoms with Gasteiger partial charge in [-0.05, 0) is 33.6 Å². The Kier molecular flexibility index (Phi) is 4.94. The molecule has 1 aliphatic rings. The number of likely N-dealkylation sites (tertiary alicyclic amines) is 1. The van der Waals surface area contributed by atoms with Crippen LogP contribution in [0.3, 0.4) is 0 Å². The van der Waals surface area contributed by atoms with E-state index in [2.05, 4.69) is 6.58 Å². The second-order valence-electron chi connectivity index (χ2n) is 5.61. The predicted molar refractivity (Wildman–Crippen MR) is 72.1 cm³/mol. The summed E-state index contributed by atoms with van der Waals surface area (Å²) in [6, 6.07) is -0.907. The van der Waals surface area contributed by atoms with Crippen LogP contribution in [-0.4, -0.2) is 46.6 Å². The first-order chi connectivity index (χ1) is 8.76. The van der Waals surface area contributed by atoms with Crippen LogP contribution in [0.4, 0.5) is 4.79 Å². The smallest absolute Gasteiger partial charge is 0.335 e. The van der Waals surface area contributed by atoms with Gasteiger partial charge in [-0.2, -0.15) is 0 Å². The number of hydrogen-bond donors (Lipinski definition) is 1. The maximum atomic E-state index is 12.1. The van der Waals surface area contributed by atoms with Crippen LogP contribution in [0.1, 0.15) is 33.6 Å². The Bertz CT molecular complexity index is 363. The van der Waals surface area contributed by atoms with Crippen molar-refractivity contribution in [3.05, 3.63) is 12.7 Å². The third kappa shape index (κ3) is 4.24. The molecule has 6 nitrogen and oxygen atoms in total. The Morgan fingerprint density at radius 2 is 2.16 bits per heavy atom. The van der Waals surface area contributed by atoms with Gasteiger partial charge in [-0.1, -0.05) is 6.08 Å². The fraction of sp³-hybridized carbons (Fsp3) is 0.692. The lowest BCUT2D eigenvalue weighted by Gasteiger charge is -2.29. The quantitative estimate of drug-likeness (QED) is 0.275. The molecule has 6 heteroatoms. The molecule has 1 atom stereocenters. The molecule has 2 N–H and O–H groups in total. The molecule has 2 amide bonds. The molecule has 0 bridgehead atoms. The van der Waals surface area contributed by atoms with Gasteiger partial charge >= 0.3 is 12.0 Å². The van der Waals surface area contributed by atoms with Crippen molar-refractivity contribution < 1.29 is 14.3 Å². The lowest BCUT2D eigenvalue weighted by molar-refractivity contribution is -0.159. The minimum absolute atomic E-state index is 0.246. The van der Waals surface area contributed by atoms with Crippen molar-refractivity contribution in [2.45, 2.75) is 45.3 Å². The molecule has 1 saturated heterocycles. The number of rotatable bonds is 3. The number of carbonyl (C=O) groups is 2. The van der Waals surface area contributed by atoms with Gasteiger partial charge in [0, 0.05) is 6.54 Å². The number of amides is 2. The van der Waals surface area contributed by atoms with E-state index in [1.165, 1.54) is 11.0 Å². The molecule has 0 saturated carbocycles. The van der Waals surface area contributed by atoms with Gasteiger partial charge < -0.3 is 9.64 Å². The number of ether oxygens (including phenoxy) is 1. The van der Waals surface area contributed by atoms with E-state index in [4.69, 9.17) is 10.6 Å². The highest BCUT2D eigenvalue weighted by molar-refractivity contribution is 5.84. The Labute approximate surface area is 114 Å². The van der Waals surface area contributed by atoms with E-state index in [9.17, 15) is 9.59 Å². The number of nitrogens with two attached hydrogens (primary N) is 1. The molecule has 0 unspecified atom stereocenters. The number of nitrogens with zero attached hydrogens (tertiary/aromatic N) is 2. The Hall–Kier alpha value is -1.56. The summed E-state index contributed by atoms with van der Waals surface area (Å²) >= 11 is 0. The lowest BCUT2D eigenvalue weighted by Crippen LogP contribution is -2.51. The van der Waals surface area contributed by atoms with Gasteiger partial charge in [-0.3, -0.25) is 5.01 Å². The van der Waals surface area contributed by atoms with E-state index < -0.39 is 11.6 Å². The van der Waals surface area contributed by atoms with Crippen molar-refractivity contribution in [1.82, 2.24) is 9.91 Å². The second-order valence-corrected chi connectivity index (χ2v) is 5.61. The highest BCUT2D eigenvalue weighted by Crippen LogP contribution is 2.21. The molecule has 1 fully saturated rings. The fourth-order valence-corrected chi connectivity index (χ4v) is 1.99. The first kappa shape index (κ1) is 15.5. The number of hydrogen-bond acceptors (Lipinski definition) is 4. The zero-order chi connectivity index (χ0) is 14.6. The van der Waals surface area contributed by atoms with Crippen LogP contribution in [0, 0.1) is 0 Å². The number of esters is 1.